The molecule has 0 amide bonds. The molecule has 1 aromatic heterocycles. The third-order valence-electron chi connectivity index (χ3n) is 3.78. The van der Waals surface area contributed by atoms with E-state index < -0.39 is 0 Å². The minimum Gasteiger partial charge on any atom is -0.381 e. The average Bonchev–Trinajstić information content (AvgIpc) is 2.71. The van der Waals surface area contributed by atoms with Crippen molar-refractivity contribution >= 4 is 11.6 Å². The van der Waals surface area contributed by atoms with Crippen molar-refractivity contribution in [1.29, 1.82) is 0 Å². The maximum atomic E-state index is 6.19. The van der Waals surface area contributed by atoms with Crippen molar-refractivity contribution in [2.45, 2.75) is 32.6 Å². The van der Waals surface area contributed by atoms with Crippen molar-refractivity contribution in [3.05, 3.63) is 17.5 Å². The van der Waals surface area contributed by atoms with Gasteiger partial charge in [-0.25, -0.2) is 0 Å². The van der Waals surface area contributed by atoms with Gasteiger partial charge in [0.2, 0.25) is 0 Å². The molecule has 4 heteroatoms. The van der Waals surface area contributed by atoms with Gasteiger partial charge >= 0.3 is 0 Å². The second-order valence-electron chi connectivity index (χ2n) is 5.03. The molecule has 3 nitrogen and oxygen atoms in total. The van der Waals surface area contributed by atoms with Gasteiger partial charge in [0.25, 0.3) is 0 Å². The molecule has 0 bridgehead atoms. The quantitative estimate of drug-likeness (QED) is 0.775. The van der Waals surface area contributed by atoms with Crippen LogP contribution in [0.5, 0.6) is 0 Å². The summed E-state index contributed by atoms with van der Waals surface area (Å²) in [5.41, 5.74) is 2.67. The molecule has 0 saturated carbocycles. The van der Waals surface area contributed by atoms with E-state index in [1.165, 1.54) is 11.4 Å². The minimum absolute atomic E-state index is 0.207. The molecule has 2 heterocycles. The van der Waals surface area contributed by atoms with Crippen LogP contribution < -0.4 is 0 Å². The highest BCUT2D eigenvalue weighted by atomic mass is 35.5. The summed E-state index contributed by atoms with van der Waals surface area (Å²) in [5.74, 6) is 0.711. The van der Waals surface area contributed by atoms with E-state index in [1.54, 1.807) is 0 Å². The number of aryl methyl sites for hydroxylation is 2. The van der Waals surface area contributed by atoms with Crippen molar-refractivity contribution in [2.75, 3.05) is 19.1 Å². The van der Waals surface area contributed by atoms with Crippen LogP contribution >= 0.6 is 11.6 Å². The van der Waals surface area contributed by atoms with Crippen LogP contribution in [-0.4, -0.2) is 28.9 Å². The molecule has 0 aromatic carbocycles. The fraction of sp³-hybridized carbons (Fsp3) is 0.769. The molecule has 2 rings (SSSR count). The molecule has 0 atom stereocenters. The number of rotatable bonds is 4. The van der Waals surface area contributed by atoms with Gasteiger partial charge in [-0.2, -0.15) is 5.10 Å². The summed E-state index contributed by atoms with van der Waals surface area (Å²) in [5, 5.41) is 4.50. The fourth-order valence-corrected chi connectivity index (χ4v) is 2.82. The van der Waals surface area contributed by atoms with Gasteiger partial charge in [-0.05, 0) is 37.2 Å². The summed E-state index contributed by atoms with van der Waals surface area (Å²) >= 11 is 6.19. The highest BCUT2D eigenvalue weighted by molar-refractivity contribution is 6.18. The van der Waals surface area contributed by atoms with Crippen molar-refractivity contribution in [2.24, 2.45) is 12.5 Å². The summed E-state index contributed by atoms with van der Waals surface area (Å²) in [6.45, 7) is 3.81. The number of halogens is 1. The minimum atomic E-state index is 0.207. The van der Waals surface area contributed by atoms with E-state index >= 15 is 0 Å². The lowest BCUT2D eigenvalue weighted by molar-refractivity contribution is 0.0249. The van der Waals surface area contributed by atoms with Gasteiger partial charge in [-0.1, -0.05) is 6.92 Å². The van der Waals surface area contributed by atoms with Crippen LogP contribution in [0.4, 0.5) is 0 Å². The molecule has 1 saturated heterocycles. The third-order valence-corrected chi connectivity index (χ3v) is 4.35. The van der Waals surface area contributed by atoms with Crippen LogP contribution in [-0.2, 0) is 24.6 Å². The number of aromatic nitrogens is 2. The number of alkyl halides is 1. The Balaban J connectivity index is 2.14. The van der Waals surface area contributed by atoms with Crippen LogP contribution in [0.1, 0.15) is 31.2 Å². The van der Waals surface area contributed by atoms with Crippen LogP contribution in [0.2, 0.25) is 0 Å². The van der Waals surface area contributed by atoms with Crippen molar-refractivity contribution in [3.8, 4) is 0 Å². The average molecular weight is 257 g/mol. The maximum absolute atomic E-state index is 6.19. The molecule has 1 aromatic rings. The first kappa shape index (κ1) is 12.9. The van der Waals surface area contributed by atoms with E-state index in [0.717, 1.165) is 38.9 Å². The van der Waals surface area contributed by atoms with E-state index in [0.29, 0.717) is 5.88 Å². The normalized spacial score (nSPS) is 19.5. The van der Waals surface area contributed by atoms with Crippen LogP contribution in [0, 0.1) is 5.41 Å². The standard InChI is InChI=1S/C13H21ClN2O/c1-3-11-8-12(16(2)15-11)9-13(10-14)4-6-17-7-5-13/h8H,3-7,9-10H2,1-2H3. The molecule has 0 unspecified atom stereocenters. The molecule has 96 valence electrons. The molecular formula is C13H21ClN2O. The molecule has 17 heavy (non-hydrogen) atoms. The Labute approximate surface area is 108 Å². The van der Waals surface area contributed by atoms with Crippen molar-refractivity contribution < 1.29 is 4.74 Å². The first-order valence-electron chi connectivity index (χ1n) is 6.34. The highest BCUT2D eigenvalue weighted by Gasteiger charge is 2.33. The molecule has 1 aliphatic rings. The monoisotopic (exact) mass is 256 g/mol. The number of hydrogen-bond acceptors (Lipinski definition) is 2. The molecule has 0 N–H and O–H groups in total. The molecule has 1 fully saturated rings. The second kappa shape index (κ2) is 5.40. The molecule has 0 spiro atoms. The van der Waals surface area contributed by atoms with E-state index in [1.807, 2.05) is 11.7 Å². The zero-order valence-corrected chi connectivity index (χ0v) is 11.5. The maximum Gasteiger partial charge on any atom is 0.0624 e. The van der Waals surface area contributed by atoms with Gasteiger partial charge in [0.15, 0.2) is 0 Å². The summed E-state index contributed by atoms with van der Waals surface area (Å²) < 4.78 is 7.44. The topological polar surface area (TPSA) is 27.1 Å². The smallest absolute Gasteiger partial charge is 0.0624 e. The van der Waals surface area contributed by atoms with E-state index in [9.17, 15) is 0 Å². The highest BCUT2D eigenvalue weighted by Crippen LogP contribution is 2.35. The Morgan fingerprint density at radius 2 is 2.18 bits per heavy atom. The van der Waals surface area contributed by atoms with Gasteiger partial charge in [-0.3, -0.25) is 4.68 Å². The van der Waals surface area contributed by atoms with E-state index in [-0.39, 0.29) is 5.41 Å². The fourth-order valence-electron chi connectivity index (χ4n) is 2.46. The van der Waals surface area contributed by atoms with Gasteiger partial charge < -0.3 is 4.74 Å². The summed E-state index contributed by atoms with van der Waals surface area (Å²) in [6, 6.07) is 2.21. The second-order valence-corrected chi connectivity index (χ2v) is 5.29. The lowest BCUT2D eigenvalue weighted by atomic mass is 9.78. The van der Waals surface area contributed by atoms with Gasteiger partial charge in [-0.15, -0.1) is 11.6 Å². The molecule has 1 aliphatic heterocycles. The van der Waals surface area contributed by atoms with Crippen molar-refractivity contribution in [1.82, 2.24) is 9.78 Å². The number of hydrogen-bond donors (Lipinski definition) is 0. The Morgan fingerprint density at radius 1 is 1.47 bits per heavy atom. The van der Waals surface area contributed by atoms with Crippen LogP contribution in [0.3, 0.4) is 0 Å². The van der Waals surface area contributed by atoms with Gasteiger partial charge in [0.1, 0.15) is 0 Å². The molecule has 0 aliphatic carbocycles. The Hall–Kier alpha value is -0.540. The molecular weight excluding hydrogens is 236 g/mol. The predicted octanol–water partition coefficient (Wildman–Crippen LogP) is 2.56. The van der Waals surface area contributed by atoms with E-state index in [2.05, 4.69) is 18.1 Å². The zero-order valence-electron chi connectivity index (χ0n) is 10.7. The number of nitrogens with zero attached hydrogens (tertiary/aromatic N) is 2. The third kappa shape index (κ3) is 2.83. The predicted molar refractivity (Wildman–Crippen MR) is 69.5 cm³/mol. The van der Waals surface area contributed by atoms with Gasteiger partial charge in [0, 0.05) is 31.8 Å². The van der Waals surface area contributed by atoms with Crippen molar-refractivity contribution in [3.63, 3.8) is 0 Å². The Kier molecular flexibility index (Phi) is 4.10. The van der Waals surface area contributed by atoms with Gasteiger partial charge in [0.05, 0.1) is 5.69 Å². The lowest BCUT2D eigenvalue weighted by Crippen LogP contribution is -2.34. The first-order valence-corrected chi connectivity index (χ1v) is 6.88. The zero-order chi connectivity index (χ0) is 12.3. The largest absolute Gasteiger partial charge is 0.381 e. The van der Waals surface area contributed by atoms with Crippen LogP contribution in [0.15, 0.2) is 6.07 Å². The summed E-state index contributed by atoms with van der Waals surface area (Å²) in [6.07, 6.45) is 4.13. The van der Waals surface area contributed by atoms with E-state index in [4.69, 9.17) is 16.3 Å². The Bertz CT molecular complexity index is 369. The summed E-state index contributed by atoms with van der Waals surface area (Å²) in [4.78, 5) is 0. The number of ether oxygens (including phenoxy) is 1. The Morgan fingerprint density at radius 3 is 2.71 bits per heavy atom. The first-order chi connectivity index (χ1) is 8.19. The van der Waals surface area contributed by atoms with Crippen LogP contribution in [0.25, 0.3) is 0 Å². The SMILES string of the molecule is CCc1cc(CC2(CCl)CCOCC2)n(C)n1. The summed E-state index contributed by atoms with van der Waals surface area (Å²) in [7, 11) is 2.02. The molecule has 0 radical (unpaired) electrons. The lowest BCUT2D eigenvalue weighted by Gasteiger charge is -2.35.